The van der Waals surface area contributed by atoms with Crippen molar-refractivity contribution in [2.75, 3.05) is 6.54 Å². The number of benzene rings is 3. The van der Waals surface area contributed by atoms with Crippen molar-refractivity contribution < 1.29 is 17.6 Å². The summed E-state index contributed by atoms with van der Waals surface area (Å²) in [4.78, 5) is 14.3. The number of hydrogen-bond acceptors (Lipinski definition) is 5. The van der Waals surface area contributed by atoms with E-state index in [4.69, 9.17) is 10.2 Å². The Morgan fingerprint density at radius 1 is 0.969 bits per heavy atom. The Morgan fingerprint density at radius 2 is 1.75 bits per heavy atom. The minimum Gasteiger partial charge on any atom is -0.456 e. The lowest BCUT2D eigenvalue weighted by atomic mass is 10.1. The minimum atomic E-state index is -3.80. The van der Waals surface area contributed by atoms with E-state index in [1.165, 1.54) is 6.07 Å². The van der Waals surface area contributed by atoms with Gasteiger partial charge in [-0.3, -0.25) is 4.79 Å². The lowest BCUT2D eigenvalue weighted by Gasteiger charge is -2.18. The van der Waals surface area contributed by atoms with Crippen LogP contribution in [-0.4, -0.2) is 31.8 Å². The van der Waals surface area contributed by atoms with Gasteiger partial charge in [-0.2, -0.15) is 0 Å². The van der Waals surface area contributed by atoms with E-state index in [-0.39, 0.29) is 17.2 Å². The van der Waals surface area contributed by atoms with Crippen LogP contribution >= 0.6 is 0 Å². The maximum absolute atomic E-state index is 13.1. The van der Waals surface area contributed by atoms with Crippen LogP contribution in [0.4, 0.5) is 0 Å². The molecule has 2 heterocycles. The minimum absolute atomic E-state index is 0.0767. The predicted molar refractivity (Wildman–Crippen MR) is 122 cm³/mol. The molecule has 32 heavy (non-hydrogen) atoms. The fourth-order valence-electron chi connectivity index (χ4n) is 4.24. The summed E-state index contributed by atoms with van der Waals surface area (Å²) >= 11 is 0. The molecule has 8 heteroatoms. The molecule has 0 radical (unpaired) electrons. The summed E-state index contributed by atoms with van der Waals surface area (Å²) in [6, 6.07) is 19.6. The Hall–Kier alpha value is -3.20. The van der Waals surface area contributed by atoms with Gasteiger partial charge in [-0.1, -0.05) is 42.5 Å². The Labute approximate surface area is 185 Å². The molecule has 0 bridgehead atoms. The van der Waals surface area contributed by atoms with Gasteiger partial charge in [0, 0.05) is 42.9 Å². The normalized spacial score (nSPS) is 17.0. The summed E-state index contributed by atoms with van der Waals surface area (Å²) in [5.74, 6) is -0.0767. The molecule has 5 rings (SSSR count). The molecule has 1 aliphatic heterocycles. The van der Waals surface area contributed by atoms with Gasteiger partial charge in [0.15, 0.2) is 0 Å². The van der Waals surface area contributed by atoms with Crippen molar-refractivity contribution in [2.24, 2.45) is 5.73 Å². The summed E-state index contributed by atoms with van der Waals surface area (Å²) in [7, 11) is -3.80. The Bertz CT molecular complexity index is 1430. The number of para-hydroxylation sites is 1. The first kappa shape index (κ1) is 20.7. The smallest absolute Gasteiger partial charge is 0.240 e. The Balaban J connectivity index is 1.34. The van der Waals surface area contributed by atoms with Crippen molar-refractivity contribution >= 4 is 37.9 Å². The van der Waals surface area contributed by atoms with Crippen molar-refractivity contribution in [1.29, 1.82) is 0 Å². The van der Waals surface area contributed by atoms with E-state index in [0.29, 0.717) is 30.8 Å². The van der Waals surface area contributed by atoms with E-state index >= 15 is 0 Å². The van der Waals surface area contributed by atoms with Gasteiger partial charge in [0.25, 0.3) is 0 Å². The van der Waals surface area contributed by atoms with Crippen LogP contribution in [0.15, 0.2) is 76.0 Å². The highest BCUT2D eigenvalue weighted by atomic mass is 32.2. The van der Waals surface area contributed by atoms with E-state index in [1.54, 1.807) is 17.0 Å². The molecule has 1 aliphatic rings. The fraction of sp³-hybridized carbons (Fsp3) is 0.208. The Morgan fingerprint density at radius 3 is 2.59 bits per heavy atom. The van der Waals surface area contributed by atoms with Gasteiger partial charge in [-0.05, 0) is 35.4 Å². The van der Waals surface area contributed by atoms with Gasteiger partial charge in [-0.15, -0.1) is 0 Å². The van der Waals surface area contributed by atoms with Crippen LogP contribution in [0.1, 0.15) is 17.5 Å². The van der Waals surface area contributed by atoms with Gasteiger partial charge < -0.3 is 15.1 Å². The van der Waals surface area contributed by atoms with E-state index in [9.17, 15) is 13.2 Å². The molecule has 1 saturated heterocycles. The number of hydrogen-bond donors (Lipinski definition) is 2. The topological polar surface area (TPSA) is 106 Å². The number of sulfonamides is 1. The molecule has 1 amide bonds. The number of likely N-dealkylation sites (tertiary alicyclic amines) is 1. The molecule has 1 aromatic heterocycles. The number of amides is 1. The van der Waals surface area contributed by atoms with E-state index in [2.05, 4.69) is 4.72 Å². The van der Waals surface area contributed by atoms with E-state index in [0.717, 1.165) is 21.9 Å². The molecule has 164 valence electrons. The first-order chi connectivity index (χ1) is 15.4. The average Bonchev–Trinajstić information content (AvgIpc) is 3.32. The number of fused-ring (bicyclic) bond motifs is 3. The number of carbonyl (C=O) groups is 1. The number of nitrogens with one attached hydrogen (secondary N) is 1. The largest absolute Gasteiger partial charge is 0.456 e. The van der Waals surface area contributed by atoms with E-state index in [1.807, 2.05) is 48.5 Å². The summed E-state index contributed by atoms with van der Waals surface area (Å²) in [6.45, 7) is 1.18. The maximum Gasteiger partial charge on any atom is 0.240 e. The number of furan rings is 1. The van der Waals surface area contributed by atoms with Crippen LogP contribution in [0.25, 0.3) is 21.9 Å². The van der Waals surface area contributed by atoms with Gasteiger partial charge in [-0.25, -0.2) is 13.1 Å². The van der Waals surface area contributed by atoms with E-state index < -0.39 is 16.1 Å². The monoisotopic (exact) mass is 449 g/mol. The fourth-order valence-corrected chi connectivity index (χ4v) is 5.49. The summed E-state index contributed by atoms with van der Waals surface area (Å²) in [5, 5.41) is 1.61. The molecular formula is C24H23N3O4S. The van der Waals surface area contributed by atoms with Gasteiger partial charge >= 0.3 is 0 Å². The van der Waals surface area contributed by atoms with Gasteiger partial charge in [0.05, 0.1) is 4.90 Å². The quantitative estimate of drug-likeness (QED) is 0.471. The van der Waals surface area contributed by atoms with Crippen LogP contribution < -0.4 is 10.5 Å². The molecule has 0 spiro atoms. The third kappa shape index (κ3) is 3.88. The molecular weight excluding hydrogens is 426 g/mol. The molecule has 3 N–H and O–H groups in total. The van der Waals surface area contributed by atoms with Crippen molar-refractivity contribution in [2.45, 2.75) is 30.4 Å². The van der Waals surface area contributed by atoms with Crippen LogP contribution in [0.3, 0.4) is 0 Å². The number of rotatable bonds is 6. The third-order valence-corrected chi connectivity index (χ3v) is 7.31. The van der Waals surface area contributed by atoms with Crippen molar-refractivity contribution in [3.63, 3.8) is 0 Å². The Kier molecular flexibility index (Phi) is 5.21. The summed E-state index contributed by atoms with van der Waals surface area (Å²) in [6.07, 6.45) is 0.132. The molecule has 0 saturated carbocycles. The van der Waals surface area contributed by atoms with Gasteiger partial charge in [0.2, 0.25) is 15.9 Å². The SMILES string of the molecule is NCc1cccc(CN2CC(NS(=O)(=O)c3ccc4oc5ccccc5c4c3)CC2=O)c1. The standard InChI is InChI=1S/C24H23N3O4S/c25-13-16-4-3-5-17(10-16)14-27-15-18(11-24(27)28)26-32(29,30)19-8-9-23-21(12-19)20-6-1-2-7-22(20)31-23/h1-10,12,18,26H,11,13-15,25H2. The van der Waals surface area contributed by atoms with Crippen LogP contribution in [0.2, 0.25) is 0 Å². The highest BCUT2D eigenvalue weighted by Crippen LogP contribution is 2.30. The second-order valence-electron chi connectivity index (χ2n) is 8.08. The highest BCUT2D eigenvalue weighted by molar-refractivity contribution is 7.89. The molecule has 7 nitrogen and oxygen atoms in total. The lowest BCUT2D eigenvalue weighted by Crippen LogP contribution is -2.37. The second kappa shape index (κ2) is 8.05. The molecule has 1 unspecified atom stereocenters. The van der Waals surface area contributed by atoms with Crippen molar-refractivity contribution in [3.8, 4) is 0 Å². The summed E-state index contributed by atoms with van der Waals surface area (Å²) in [5.41, 5.74) is 9.00. The molecule has 4 aromatic rings. The molecule has 1 fully saturated rings. The van der Waals surface area contributed by atoms with Crippen LogP contribution in [0, 0.1) is 0 Å². The predicted octanol–water partition coefficient (Wildman–Crippen LogP) is 3.12. The molecule has 3 aromatic carbocycles. The zero-order chi connectivity index (χ0) is 22.3. The zero-order valence-electron chi connectivity index (χ0n) is 17.3. The lowest BCUT2D eigenvalue weighted by molar-refractivity contribution is -0.128. The number of carbonyl (C=O) groups excluding carboxylic acids is 1. The number of nitrogens with two attached hydrogens (primary N) is 1. The van der Waals surface area contributed by atoms with Crippen molar-refractivity contribution in [1.82, 2.24) is 9.62 Å². The first-order valence-corrected chi connectivity index (χ1v) is 11.9. The first-order valence-electron chi connectivity index (χ1n) is 10.4. The second-order valence-corrected chi connectivity index (χ2v) is 9.79. The highest BCUT2D eigenvalue weighted by Gasteiger charge is 2.33. The van der Waals surface area contributed by atoms with Gasteiger partial charge in [0.1, 0.15) is 11.2 Å². The zero-order valence-corrected chi connectivity index (χ0v) is 18.1. The third-order valence-electron chi connectivity index (χ3n) is 5.80. The van der Waals surface area contributed by atoms with Crippen LogP contribution in [-0.2, 0) is 27.9 Å². The van der Waals surface area contributed by atoms with Crippen molar-refractivity contribution in [3.05, 3.63) is 77.9 Å². The molecule has 1 atom stereocenters. The number of nitrogens with zero attached hydrogens (tertiary/aromatic N) is 1. The van der Waals surface area contributed by atoms with Crippen LogP contribution in [0.5, 0.6) is 0 Å². The average molecular weight is 450 g/mol. The summed E-state index contributed by atoms with van der Waals surface area (Å²) < 4.78 is 34.6. The molecule has 0 aliphatic carbocycles. The maximum atomic E-state index is 13.1.